The molecule has 0 saturated carbocycles. The summed E-state index contributed by atoms with van der Waals surface area (Å²) in [5.74, 6) is 0.0355. The second kappa shape index (κ2) is 6.72. The van der Waals surface area contributed by atoms with Crippen LogP contribution in [0.4, 0.5) is 0 Å². The quantitative estimate of drug-likeness (QED) is 0.822. The Balaban J connectivity index is 1.49. The standard InChI is InChI=1S/C18H25N5O2/c1-21(18(24)16-4-3-7-23-17(16)19-12-20-23)15-10-13-5-6-14(11-15)22(13)8-9-25-2/h3-4,7,12-15H,5-6,8-11H2,1-2H3. The number of carbonyl (C=O) groups excluding carboxylic acids is 1. The highest BCUT2D eigenvalue weighted by Crippen LogP contribution is 2.37. The minimum absolute atomic E-state index is 0.0355. The Morgan fingerprint density at radius 1 is 1.36 bits per heavy atom. The Labute approximate surface area is 147 Å². The molecular weight excluding hydrogens is 318 g/mol. The Hall–Kier alpha value is -1.99. The molecule has 7 nitrogen and oxygen atoms in total. The Morgan fingerprint density at radius 2 is 2.12 bits per heavy atom. The molecular formula is C18H25N5O2. The van der Waals surface area contributed by atoms with E-state index in [-0.39, 0.29) is 11.9 Å². The maximum atomic E-state index is 13.1. The molecule has 7 heteroatoms. The monoisotopic (exact) mass is 343 g/mol. The van der Waals surface area contributed by atoms with Crippen LogP contribution in [0.2, 0.25) is 0 Å². The molecule has 2 fully saturated rings. The molecule has 0 radical (unpaired) electrons. The first kappa shape index (κ1) is 16.5. The van der Waals surface area contributed by atoms with Crippen LogP contribution in [0.15, 0.2) is 24.7 Å². The number of ether oxygens (including phenoxy) is 1. The van der Waals surface area contributed by atoms with Gasteiger partial charge in [-0.05, 0) is 37.8 Å². The van der Waals surface area contributed by atoms with Crippen molar-refractivity contribution in [3.05, 3.63) is 30.2 Å². The van der Waals surface area contributed by atoms with E-state index < -0.39 is 0 Å². The van der Waals surface area contributed by atoms with Crippen LogP contribution in [0.5, 0.6) is 0 Å². The number of rotatable bonds is 5. The van der Waals surface area contributed by atoms with Gasteiger partial charge >= 0.3 is 0 Å². The van der Waals surface area contributed by atoms with Gasteiger partial charge in [-0.1, -0.05) is 0 Å². The van der Waals surface area contributed by atoms with Gasteiger partial charge in [0.05, 0.1) is 12.2 Å². The predicted octanol–water partition coefficient (Wildman–Crippen LogP) is 1.44. The summed E-state index contributed by atoms with van der Waals surface area (Å²) < 4.78 is 6.90. The van der Waals surface area contributed by atoms with Crippen LogP contribution in [0, 0.1) is 0 Å². The molecule has 2 aliphatic rings. The van der Waals surface area contributed by atoms with Crippen molar-refractivity contribution in [1.82, 2.24) is 24.4 Å². The van der Waals surface area contributed by atoms with Gasteiger partial charge in [-0.15, -0.1) is 0 Å². The van der Waals surface area contributed by atoms with Gasteiger partial charge < -0.3 is 9.64 Å². The third-order valence-electron chi connectivity index (χ3n) is 5.82. The number of hydrogen-bond donors (Lipinski definition) is 0. The lowest BCUT2D eigenvalue weighted by Crippen LogP contribution is -2.51. The number of amides is 1. The Kier molecular flexibility index (Phi) is 4.43. The molecule has 2 atom stereocenters. The van der Waals surface area contributed by atoms with Crippen molar-refractivity contribution in [1.29, 1.82) is 0 Å². The molecule has 4 rings (SSSR count). The molecule has 25 heavy (non-hydrogen) atoms. The molecule has 2 unspecified atom stereocenters. The molecule has 2 bridgehead atoms. The van der Waals surface area contributed by atoms with E-state index in [2.05, 4.69) is 15.0 Å². The van der Waals surface area contributed by atoms with Gasteiger partial charge in [0.2, 0.25) is 0 Å². The molecule has 0 N–H and O–H groups in total. The zero-order chi connectivity index (χ0) is 17.4. The van der Waals surface area contributed by atoms with Crippen LogP contribution < -0.4 is 0 Å². The highest BCUT2D eigenvalue weighted by molar-refractivity contribution is 5.99. The second-order valence-corrected chi connectivity index (χ2v) is 7.11. The first-order chi connectivity index (χ1) is 12.2. The zero-order valence-electron chi connectivity index (χ0n) is 14.8. The summed E-state index contributed by atoms with van der Waals surface area (Å²) in [6, 6.07) is 5.10. The van der Waals surface area contributed by atoms with Gasteiger partial charge in [0.1, 0.15) is 6.33 Å². The number of fused-ring (bicyclic) bond motifs is 3. The van der Waals surface area contributed by atoms with E-state index in [1.165, 1.54) is 19.2 Å². The van der Waals surface area contributed by atoms with Crippen LogP contribution in [0.1, 0.15) is 36.0 Å². The smallest absolute Gasteiger partial charge is 0.257 e. The van der Waals surface area contributed by atoms with Crippen LogP contribution in [0.3, 0.4) is 0 Å². The van der Waals surface area contributed by atoms with E-state index >= 15 is 0 Å². The predicted molar refractivity (Wildman–Crippen MR) is 93.5 cm³/mol. The second-order valence-electron chi connectivity index (χ2n) is 7.11. The van der Waals surface area contributed by atoms with Crippen LogP contribution in [0.25, 0.3) is 5.65 Å². The highest BCUT2D eigenvalue weighted by Gasteiger charge is 2.42. The molecule has 2 aromatic rings. The van der Waals surface area contributed by atoms with Crippen molar-refractivity contribution in [3.63, 3.8) is 0 Å². The molecule has 2 aromatic heterocycles. The van der Waals surface area contributed by atoms with Gasteiger partial charge in [0.15, 0.2) is 5.65 Å². The molecule has 1 amide bonds. The van der Waals surface area contributed by atoms with Gasteiger partial charge in [-0.25, -0.2) is 9.50 Å². The van der Waals surface area contributed by atoms with Crippen molar-refractivity contribution in [2.24, 2.45) is 0 Å². The number of aromatic nitrogens is 3. The molecule has 2 saturated heterocycles. The summed E-state index contributed by atoms with van der Waals surface area (Å²) in [5.41, 5.74) is 1.25. The summed E-state index contributed by atoms with van der Waals surface area (Å²) in [6.45, 7) is 1.77. The Bertz CT molecular complexity index is 747. The fourth-order valence-electron chi connectivity index (χ4n) is 4.49. The molecule has 134 valence electrons. The van der Waals surface area contributed by atoms with Crippen molar-refractivity contribution >= 4 is 11.6 Å². The molecule has 2 aliphatic heterocycles. The van der Waals surface area contributed by atoms with E-state index in [0.717, 1.165) is 26.0 Å². The van der Waals surface area contributed by atoms with E-state index in [9.17, 15) is 4.79 Å². The summed E-state index contributed by atoms with van der Waals surface area (Å²) in [4.78, 5) is 21.8. The van der Waals surface area contributed by atoms with E-state index in [1.807, 2.05) is 30.3 Å². The van der Waals surface area contributed by atoms with Crippen molar-refractivity contribution in [2.75, 3.05) is 27.3 Å². The van der Waals surface area contributed by atoms with Gasteiger partial charge in [-0.2, -0.15) is 5.10 Å². The van der Waals surface area contributed by atoms with Crippen molar-refractivity contribution in [2.45, 2.75) is 43.8 Å². The lowest BCUT2D eigenvalue weighted by Gasteiger charge is -2.42. The van der Waals surface area contributed by atoms with E-state index in [1.54, 1.807) is 11.6 Å². The lowest BCUT2D eigenvalue weighted by molar-refractivity contribution is 0.0406. The topological polar surface area (TPSA) is 63.0 Å². The minimum Gasteiger partial charge on any atom is -0.383 e. The lowest BCUT2D eigenvalue weighted by atomic mass is 9.95. The first-order valence-corrected chi connectivity index (χ1v) is 8.99. The number of pyridine rings is 1. The Morgan fingerprint density at radius 3 is 2.84 bits per heavy atom. The average Bonchev–Trinajstić information content (AvgIpc) is 3.20. The maximum absolute atomic E-state index is 13.1. The summed E-state index contributed by atoms with van der Waals surface area (Å²) in [7, 11) is 3.68. The number of hydrogen-bond acceptors (Lipinski definition) is 5. The SMILES string of the molecule is COCCN1C2CCC1CC(N(C)C(=O)c1cccn3ncnc13)C2. The first-order valence-electron chi connectivity index (χ1n) is 8.99. The molecule has 0 aromatic carbocycles. The summed E-state index contributed by atoms with van der Waals surface area (Å²) in [6.07, 6.45) is 7.84. The maximum Gasteiger partial charge on any atom is 0.257 e. The largest absolute Gasteiger partial charge is 0.383 e. The molecule has 0 spiro atoms. The van der Waals surface area contributed by atoms with Gasteiger partial charge in [-0.3, -0.25) is 9.69 Å². The third-order valence-corrected chi connectivity index (χ3v) is 5.82. The fraction of sp³-hybridized carbons (Fsp3) is 0.611. The molecule has 4 heterocycles. The molecule has 0 aliphatic carbocycles. The van der Waals surface area contributed by atoms with Crippen molar-refractivity contribution < 1.29 is 9.53 Å². The van der Waals surface area contributed by atoms with E-state index in [0.29, 0.717) is 23.3 Å². The van der Waals surface area contributed by atoms with Gasteiger partial charge in [0, 0.05) is 45.0 Å². The van der Waals surface area contributed by atoms with Crippen LogP contribution >= 0.6 is 0 Å². The van der Waals surface area contributed by atoms with Crippen molar-refractivity contribution in [3.8, 4) is 0 Å². The zero-order valence-corrected chi connectivity index (χ0v) is 14.8. The third kappa shape index (κ3) is 2.91. The van der Waals surface area contributed by atoms with Crippen LogP contribution in [-0.4, -0.2) is 75.7 Å². The summed E-state index contributed by atoms with van der Waals surface area (Å²) in [5, 5.41) is 4.12. The fourth-order valence-corrected chi connectivity index (χ4v) is 4.49. The average molecular weight is 343 g/mol. The van der Waals surface area contributed by atoms with Gasteiger partial charge in [0.25, 0.3) is 5.91 Å². The number of methoxy groups -OCH3 is 1. The van der Waals surface area contributed by atoms with E-state index in [4.69, 9.17) is 4.74 Å². The summed E-state index contributed by atoms with van der Waals surface area (Å²) >= 11 is 0. The number of nitrogens with zero attached hydrogens (tertiary/aromatic N) is 5. The van der Waals surface area contributed by atoms with Crippen LogP contribution in [-0.2, 0) is 4.74 Å². The number of piperidine rings is 1. The minimum atomic E-state index is 0.0355. The normalized spacial score (nSPS) is 26.2. The number of carbonyl (C=O) groups is 1. The highest BCUT2D eigenvalue weighted by atomic mass is 16.5.